The summed E-state index contributed by atoms with van der Waals surface area (Å²) in [6.45, 7) is 3.42. The Hall–Kier alpha value is -2.36. The van der Waals surface area contributed by atoms with E-state index in [0.717, 1.165) is 52.3 Å². The van der Waals surface area contributed by atoms with Crippen molar-refractivity contribution in [3.63, 3.8) is 0 Å². The molecular formula is C30H33BrN2O5S. The predicted octanol–water partition coefficient (Wildman–Crippen LogP) is 4.89. The maximum absolute atomic E-state index is 13.5. The highest BCUT2D eigenvalue weighted by Gasteiger charge is 2.75. The highest BCUT2D eigenvalue weighted by Crippen LogP contribution is 2.67. The van der Waals surface area contributed by atoms with Crippen LogP contribution < -0.4 is 4.74 Å². The number of phenolic OH excluding ortho intramolecular Hbond substituents is 1. The van der Waals surface area contributed by atoms with E-state index in [2.05, 4.69) is 20.8 Å². The molecule has 2 saturated carbocycles. The standard InChI is InChI=1S/C30H33BrN2O5S/c1-17(34)38-30-10-9-22(32(2)25(36)8-6-21-14-20(31)16-39-21)28-29(30)11-12-33(15-18-3-4-18)24(30)13-19-5-7-23(35)27(37-28)26(19)29/h5-8,14,16,18,22,24,28,35H,3-4,9-13,15H2,1-2H3/b8-6+/t22-,24-,28+,29+,30-/m1/s1. The molecule has 2 bridgehead atoms. The van der Waals surface area contributed by atoms with Gasteiger partial charge in [0.25, 0.3) is 0 Å². The van der Waals surface area contributed by atoms with Crippen LogP contribution in [0.3, 0.4) is 0 Å². The maximum Gasteiger partial charge on any atom is 0.303 e. The molecular weight excluding hydrogens is 580 g/mol. The zero-order valence-corrected chi connectivity index (χ0v) is 24.6. The Bertz CT molecular complexity index is 1390. The zero-order valence-electron chi connectivity index (χ0n) is 22.2. The van der Waals surface area contributed by atoms with E-state index in [0.29, 0.717) is 18.6 Å². The summed E-state index contributed by atoms with van der Waals surface area (Å²) in [6, 6.07) is 5.56. The molecule has 1 saturated heterocycles. The highest BCUT2D eigenvalue weighted by molar-refractivity contribution is 9.10. The molecule has 206 valence electrons. The van der Waals surface area contributed by atoms with Crippen molar-refractivity contribution in [2.75, 3.05) is 20.1 Å². The number of aromatic hydroxyl groups is 1. The topological polar surface area (TPSA) is 79.3 Å². The second kappa shape index (κ2) is 9.08. The van der Waals surface area contributed by atoms with Crippen LogP contribution in [0.2, 0.25) is 0 Å². The van der Waals surface area contributed by atoms with Crippen LogP contribution in [0.1, 0.15) is 55.0 Å². The first-order valence-corrected chi connectivity index (χ1v) is 15.6. The lowest BCUT2D eigenvalue weighted by Crippen LogP contribution is -2.79. The average molecular weight is 614 g/mol. The number of hydrogen-bond donors (Lipinski definition) is 1. The summed E-state index contributed by atoms with van der Waals surface area (Å²) < 4.78 is 14.2. The maximum atomic E-state index is 13.5. The number of halogens is 1. The molecule has 9 heteroatoms. The Kier molecular flexibility index (Phi) is 5.96. The second-order valence-electron chi connectivity index (χ2n) is 11.9. The number of ether oxygens (including phenoxy) is 2. The number of carbonyl (C=O) groups is 2. The number of thiophene rings is 1. The lowest BCUT2D eigenvalue weighted by Gasteiger charge is -2.65. The van der Waals surface area contributed by atoms with Crippen LogP contribution in [0, 0.1) is 5.92 Å². The van der Waals surface area contributed by atoms with E-state index in [4.69, 9.17) is 9.47 Å². The van der Waals surface area contributed by atoms with Gasteiger partial charge in [-0.05, 0) is 90.7 Å². The third kappa shape index (κ3) is 3.75. The van der Waals surface area contributed by atoms with Crippen molar-refractivity contribution in [2.45, 2.75) is 74.7 Å². The molecule has 5 atom stereocenters. The van der Waals surface area contributed by atoms with Crippen LogP contribution in [0.5, 0.6) is 11.5 Å². The van der Waals surface area contributed by atoms with Crippen molar-refractivity contribution >= 4 is 45.2 Å². The van der Waals surface area contributed by atoms with Gasteiger partial charge in [-0.15, -0.1) is 11.3 Å². The Morgan fingerprint density at radius 1 is 1.31 bits per heavy atom. The zero-order chi connectivity index (χ0) is 27.1. The summed E-state index contributed by atoms with van der Waals surface area (Å²) in [5.74, 6) is 0.968. The molecule has 2 aliphatic heterocycles. The minimum absolute atomic E-state index is 0.0453. The number of hydrogen-bond acceptors (Lipinski definition) is 7. The largest absolute Gasteiger partial charge is 0.504 e. The van der Waals surface area contributed by atoms with E-state index in [-0.39, 0.29) is 29.7 Å². The third-order valence-corrected chi connectivity index (χ3v) is 11.5. The van der Waals surface area contributed by atoms with Gasteiger partial charge >= 0.3 is 5.97 Å². The molecule has 2 aromatic rings. The molecule has 1 amide bonds. The lowest BCUT2D eigenvalue weighted by molar-refractivity contribution is -0.223. The summed E-state index contributed by atoms with van der Waals surface area (Å²) in [5, 5.41) is 13.0. The number of benzene rings is 1. The van der Waals surface area contributed by atoms with Crippen LogP contribution in [0.25, 0.3) is 6.08 Å². The molecule has 3 heterocycles. The number of likely N-dealkylation sites (N-methyl/N-ethyl adjacent to an activating group) is 1. The van der Waals surface area contributed by atoms with Crippen molar-refractivity contribution in [3.8, 4) is 11.5 Å². The van der Waals surface area contributed by atoms with Gasteiger partial charge < -0.3 is 19.5 Å². The van der Waals surface area contributed by atoms with Crippen LogP contribution in [0.4, 0.5) is 0 Å². The fourth-order valence-electron chi connectivity index (χ4n) is 8.14. The van der Waals surface area contributed by atoms with E-state index in [1.807, 2.05) is 30.6 Å². The van der Waals surface area contributed by atoms with E-state index >= 15 is 0 Å². The Morgan fingerprint density at radius 3 is 2.85 bits per heavy atom. The van der Waals surface area contributed by atoms with Crippen LogP contribution in [0.15, 0.2) is 34.1 Å². The normalized spacial score (nSPS) is 32.5. The number of likely N-dealkylation sites (tertiary alicyclic amines) is 1. The molecule has 3 aliphatic carbocycles. The molecule has 1 N–H and O–H groups in total. The van der Waals surface area contributed by atoms with Crippen molar-refractivity contribution in [1.82, 2.24) is 9.80 Å². The molecule has 5 aliphatic rings. The first-order chi connectivity index (χ1) is 18.7. The number of phenols is 1. The van der Waals surface area contributed by atoms with Gasteiger partial charge in [0.05, 0.1) is 17.5 Å². The number of piperidine rings is 1. The summed E-state index contributed by atoms with van der Waals surface area (Å²) in [5.41, 5.74) is 0.782. The van der Waals surface area contributed by atoms with Crippen molar-refractivity contribution in [3.05, 3.63) is 50.1 Å². The van der Waals surface area contributed by atoms with Gasteiger partial charge in [-0.1, -0.05) is 6.07 Å². The van der Waals surface area contributed by atoms with Crippen molar-refractivity contribution in [1.29, 1.82) is 0 Å². The minimum atomic E-state index is -0.762. The number of esters is 1. The molecule has 0 radical (unpaired) electrons. The first kappa shape index (κ1) is 25.6. The van der Waals surface area contributed by atoms with Gasteiger partial charge in [0, 0.05) is 46.9 Å². The van der Waals surface area contributed by atoms with Gasteiger partial charge in [0.15, 0.2) is 11.5 Å². The van der Waals surface area contributed by atoms with Gasteiger partial charge in [0.2, 0.25) is 5.91 Å². The van der Waals surface area contributed by atoms with Crippen molar-refractivity contribution in [2.24, 2.45) is 5.92 Å². The molecule has 7 rings (SSSR count). The fourth-order valence-corrected chi connectivity index (χ4v) is 9.47. The monoisotopic (exact) mass is 612 g/mol. The fraction of sp³-hybridized carbons (Fsp3) is 0.533. The van der Waals surface area contributed by atoms with E-state index in [1.165, 1.54) is 19.8 Å². The van der Waals surface area contributed by atoms with E-state index in [9.17, 15) is 14.7 Å². The molecule has 0 unspecified atom stereocenters. The quantitative estimate of drug-likeness (QED) is 0.370. The molecule has 39 heavy (non-hydrogen) atoms. The summed E-state index contributed by atoms with van der Waals surface area (Å²) in [6.07, 6.45) is 8.40. The number of rotatable bonds is 6. The Morgan fingerprint density at radius 2 is 2.13 bits per heavy atom. The van der Waals surface area contributed by atoms with Gasteiger partial charge in [-0.3, -0.25) is 14.5 Å². The number of nitrogens with zero attached hydrogens (tertiary/aromatic N) is 2. The first-order valence-electron chi connectivity index (χ1n) is 13.9. The van der Waals surface area contributed by atoms with Crippen LogP contribution in [-0.2, 0) is 26.2 Å². The summed E-state index contributed by atoms with van der Waals surface area (Å²) in [7, 11) is 1.84. The SMILES string of the molecule is CC(=O)O[C@@]12CC[C@@H](N(C)C(=O)/C=C/c3cc(Br)cs3)[C@@H]3Oc4c(O)ccc5c4[C@@]31CCN(CC1CC1)[C@@H]2C5. The van der Waals surface area contributed by atoms with E-state index in [1.54, 1.807) is 28.4 Å². The third-order valence-electron chi connectivity index (χ3n) is 9.84. The molecule has 3 fully saturated rings. The average Bonchev–Trinajstić information content (AvgIpc) is 3.50. The highest BCUT2D eigenvalue weighted by atomic mass is 79.9. The molecule has 7 nitrogen and oxygen atoms in total. The summed E-state index contributed by atoms with van der Waals surface area (Å²) in [4.78, 5) is 31.6. The predicted molar refractivity (Wildman–Crippen MR) is 152 cm³/mol. The Labute approximate surface area is 240 Å². The van der Waals surface area contributed by atoms with E-state index < -0.39 is 17.1 Å². The van der Waals surface area contributed by atoms with Crippen LogP contribution in [-0.4, -0.2) is 70.7 Å². The second-order valence-corrected chi connectivity index (χ2v) is 13.8. The van der Waals surface area contributed by atoms with Gasteiger partial charge in [0.1, 0.15) is 11.7 Å². The minimum Gasteiger partial charge on any atom is -0.504 e. The lowest BCUT2D eigenvalue weighted by atomic mass is 9.48. The van der Waals surface area contributed by atoms with Crippen molar-refractivity contribution < 1.29 is 24.2 Å². The number of carbonyl (C=O) groups excluding carboxylic acids is 2. The molecule has 1 spiro atoms. The van der Waals surface area contributed by atoms with Gasteiger partial charge in [-0.2, -0.15) is 0 Å². The molecule has 1 aromatic carbocycles. The summed E-state index contributed by atoms with van der Waals surface area (Å²) >= 11 is 5.04. The molecule has 1 aromatic heterocycles. The van der Waals surface area contributed by atoms with Gasteiger partial charge in [-0.25, -0.2) is 0 Å². The number of amides is 1. The smallest absolute Gasteiger partial charge is 0.303 e. The van der Waals surface area contributed by atoms with Crippen LogP contribution >= 0.6 is 27.3 Å². The Balaban J connectivity index is 1.31.